The monoisotopic (exact) mass is 332 g/mol. The van der Waals surface area contributed by atoms with Gasteiger partial charge in [0, 0.05) is 28.8 Å². The van der Waals surface area contributed by atoms with Gasteiger partial charge in [0.2, 0.25) is 0 Å². The van der Waals surface area contributed by atoms with Gasteiger partial charge in [-0.15, -0.1) is 0 Å². The van der Waals surface area contributed by atoms with Crippen LogP contribution in [0.15, 0.2) is 53.0 Å². The van der Waals surface area contributed by atoms with Crippen LogP contribution in [-0.2, 0) is 6.54 Å². The van der Waals surface area contributed by atoms with E-state index < -0.39 is 0 Å². The number of nitrogens with one attached hydrogen (secondary N) is 2. The van der Waals surface area contributed by atoms with Crippen molar-refractivity contribution in [2.24, 2.45) is 0 Å². The van der Waals surface area contributed by atoms with E-state index in [-0.39, 0.29) is 5.91 Å². The molecule has 4 heteroatoms. The number of hydrogen-bond donors (Lipinski definition) is 2. The van der Waals surface area contributed by atoms with Crippen molar-refractivity contribution in [1.29, 1.82) is 0 Å². The summed E-state index contributed by atoms with van der Waals surface area (Å²) in [5.74, 6) is -0.0593. The fraction of sp³-hybridized carbons (Fsp3) is 0.188. The number of carbonyl (C=O) groups is 1. The largest absolute Gasteiger partial charge is 0.385 e. The average Bonchev–Trinajstić information content (AvgIpc) is 2.47. The maximum absolute atomic E-state index is 12.0. The minimum absolute atomic E-state index is 0.0593. The number of anilines is 1. The van der Waals surface area contributed by atoms with Crippen LogP contribution in [-0.4, -0.2) is 12.5 Å². The van der Waals surface area contributed by atoms with E-state index in [2.05, 4.69) is 26.6 Å². The van der Waals surface area contributed by atoms with E-state index in [1.165, 1.54) is 0 Å². The zero-order valence-electron chi connectivity index (χ0n) is 11.3. The molecule has 0 aromatic heterocycles. The first-order valence-electron chi connectivity index (χ1n) is 6.55. The Morgan fingerprint density at radius 2 is 1.70 bits per heavy atom. The molecule has 0 fully saturated rings. The van der Waals surface area contributed by atoms with Crippen molar-refractivity contribution in [3.63, 3.8) is 0 Å². The SMILES string of the molecule is CCNc1ccc(C(=O)NCc2ccc(Br)cc2)cc1. The van der Waals surface area contributed by atoms with Crippen molar-refractivity contribution in [3.8, 4) is 0 Å². The molecule has 0 radical (unpaired) electrons. The lowest BCUT2D eigenvalue weighted by Gasteiger charge is -2.07. The van der Waals surface area contributed by atoms with Crippen LogP contribution in [0.2, 0.25) is 0 Å². The summed E-state index contributed by atoms with van der Waals surface area (Å²) in [6.07, 6.45) is 0. The Bertz CT molecular complexity index is 564. The lowest BCUT2D eigenvalue weighted by atomic mass is 10.1. The van der Waals surface area contributed by atoms with Gasteiger partial charge in [-0.1, -0.05) is 28.1 Å². The highest BCUT2D eigenvalue weighted by atomic mass is 79.9. The fourth-order valence-electron chi connectivity index (χ4n) is 1.83. The number of halogens is 1. The second kappa shape index (κ2) is 7.10. The summed E-state index contributed by atoms with van der Waals surface area (Å²) in [5, 5.41) is 6.11. The molecular formula is C16H17BrN2O. The number of benzene rings is 2. The summed E-state index contributed by atoms with van der Waals surface area (Å²) in [6, 6.07) is 15.4. The Morgan fingerprint density at radius 3 is 2.30 bits per heavy atom. The van der Waals surface area contributed by atoms with Gasteiger partial charge in [-0.3, -0.25) is 4.79 Å². The number of amides is 1. The molecule has 0 heterocycles. The molecule has 0 atom stereocenters. The molecule has 2 aromatic carbocycles. The Kier molecular flexibility index (Phi) is 5.18. The van der Waals surface area contributed by atoms with Gasteiger partial charge >= 0.3 is 0 Å². The molecule has 1 amide bonds. The third kappa shape index (κ3) is 4.10. The van der Waals surface area contributed by atoms with Crippen LogP contribution >= 0.6 is 15.9 Å². The summed E-state index contributed by atoms with van der Waals surface area (Å²) < 4.78 is 1.03. The quantitative estimate of drug-likeness (QED) is 0.874. The van der Waals surface area contributed by atoms with E-state index in [4.69, 9.17) is 0 Å². The first-order valence-corrected chi connectivity index (χ1v) is 7.35. The Balaban J connectivity index is 1.92. The van der Waals surface area contributed by atoms with Crippen molar-refractivity contribution in [2.45, 2.75) is 13.5 Å². The molecule has 0 unspecified atom stereocenters. The lowest BCUT2D eigenvalue weighted by Crippen LogP contribution is -2.22. The van der Waals surface area contributed by atoms with E-state index in [9.17, 15) is 4.79 Å². The maximum atomic E-state index is 12.0. The van der Waals surface area contributed by atoms with Gasteiger partial charge in [0.1, 0.15) is 0 Å². The molecule has 0 aliphatic rings. The van der Waals surface area contributed by atoms with Crippen LogP contribution in [0, 0.1) is 0 Å². The molecule has 0 saturated carbocycles. The number of hydrogen-bond acceptors (Lipinski definition) is 2. The Labute approximate surface area is 127 Å². The summed E-state index contributed by atoms with van der Waals surface area (Å²) in [6.45, 7) is 3.44. The molecule has 2 N–H and O–H groups in total. The summed E-state index contributed by atoms with van der Waals surface area (Å²) in [4.78, 5) is 12.0. The zero-order chi connectivity index (χ0) is 14.4. The Hall–Kier alpha value is -1.81. The molecule has 0 spiro atoms. The molecule has 0 aliphatic carbocycles. The first-order chi connectivity index (χ1) is 9.69. The second-order valence-corrected chi connectivity index (χ2v) is 5.33. The first kappa shape index (κ1) is 14.6. The summed E-state index contributed by atoms with van der Waals surface area (Å²) in [7, 11) is 0. The van der Waals surface area contributed by atoms with Gasteiger partial charge in [-0.25, -0.2) is 0 Å². The molecule has 20 heavy (non-hydrogen) atoms. The molecule has 0 saturated heterocycles. The number of carbonyl (C=O) groups excluding carboxylic acids is 1. The normalized spacial score (nSPS) is 10.1. The Morgan fingerprint density at radius 1 is 1.05 bits per heavy atom. The van der Waals surface area contributed by atoms with Gasteiger partial charge in [0.05, 0.1) is 0 Å². The highest BCUT2D eigenvalue weighted by Crippen LogP contribution is 2.11. The smallest absolute Gasteiger partial charge is 0.251 e. The lowest BCUT2D eigenvalue weighted by molar-refractivity contribution is 0.0951. The van der Waals surface area contributed by atoms with Gasteiger partial charge in [-0.05, 0) is 48.9 Å². The number of rotatable bonds is 5. The van der Waals surface area contributed by atoms with E-state index >= 15 is 0 Å². The molecule has 3 nitrogen and oxygen atoms in total. The molecular weight excluding hydrogens is 316 g/mol. The summed E-state index contributed by atoms with van der Waals surface area (Å²) >= 11 is 3.39. The third-order valence-corrected chi connectivity index (χ3v) is 3.42. The van der Waals surface area contributed by atoms with Crippen LogP contribution in [0.3, 0.4) is 0 Å². The van der Waals surface area contributed by atoms with Gasteiger partial charge in [-0.2, -0.15) is 0 Å². The van der Waals surface area contributed by atoms with Crippen LogP contribution in [0.1, 0.15) is 22.8 Å². The highest BCUT2D eigenvalue weighted by Gasteiger charge is 2.04. The predicted molar refractivity (Wildman–Crippen MR) is 85.9 cm³/mol. The zero-order valence-corrected chi connectivity index (χ0v) is 12.9. The third-order valence-electron chi connectivity index (χ3n) is 2.89. The van der Waals surface area contributed by atoms with E-state index in [1.807, 2.05) is 55.5 Å². The molecule has 0 bridgehead atoms. The van der Waals surface area contributed by atoms with E-state index in [1.54, 1.807) is 0 Å². The standard InChI is InChI=1S/C16H17BrN2O/c1-2-18-15-9-5-13(6-10-15)16(20)19-11-12-3-7-14(17)8-4-12/h3-10,18H,2,11H2,1H3,(H,19,20). The second-order valence-electron chi connectivity index (χ2n) is 4.42. The predicted octanol–water partition coefficient (Wildman–Crippen LogP) is 3.81. The van der Waals surface area contributed by atoms with Gasteiger partial charge in [0.25, 0.3) is 5.91 Å². The van der Waals surface area contributed by atoms with Gasteiger partial charge < -0.3 is 10.6 Å². The van der Waals surface area contributed by atoms with Crippen LogP contribution in [0.25, 0.3) is 0 Å². The van der Waals surface area contributed by atoms with Gasteiger partial charge in [0.15, 0.2) is 0 Å². The topological polar surface area (TPSA) is 41.1 Å². The average molecular weight is 333 g/mol. The van der Waals surface area contributed by atoms with Crippen molar-refractivity contribution >= 4 is 27.5 Å². The van der Waals surface area contributed by atoms with Crippen molar-refractivity contribution in [1.82, 2.24) is 5.32 Å². The summed E-state index contributed by atoms with van der Waals surface area (Å²) in [5.41, 5.74) is 2.77. The van der Waals surface area contributed by atoms with Crippen molar-refractivity contribution in [3.05, 3.63) is 64.1 Å². The maximum Gasteiger partial charge on any atom is 0.251 e. The minimum Gasteiger partial charge on any atom is -0.385 e. The molecule has 0 aliphatic heterocycles. The van der Waals surface area contributed by atoms with Crippen molar-refractivity contribution < 1.29 is 4.79 Å². The molecule has 2 rings (SSSR count). The molecule has 2 aromatic rings. The van der Waals surface area contributed by atoms with Crippen molar-refractivity contribution in [2.75, 3.05) is 11.9 Å². The van der Waals surface area contributed by atoms with E-state index in [0.29, 0.717) is 12.1 Å². The van der Waals surface area contributed by atoms with Crippen LogP contribution in [0.4, 0.5) is 5.69 Å². The molecule has 104 valence electrons. The highest BCUT2D eigenvalue weighted by molar-refractivity contribution is 9.10. The van der Waals surface area contributed by atoms with Crippen LogP contribution in [0.5, 0.6) is 0 Å². The minimum atomic E-state index is -0.0593. The fourth-order valence-corrected chi connectivity index (χ4v) is 2.09. The van der Waals surface area contributed by atoms with Crippen LogP contribution < -0.4 is 10.6 Å². The van der Waals surface area contributed by atoms with E-state index in [0.717, 1.165) is 22.3 Å².